The number of hydrogen-bond acceptors (Lipinski definition) is 6. The minimum absolute atomic E-state index is 0.140. The average Bonchev–Trinajstić information content (AvgIpc) is 3.00. The summed E-state index contributed by atoms with van der Waals surface area (Å²) < 4.78 is 11.7. The maximum atomic E-state index is 12.5. The summed E-state index contributed by atoms with van der Waals surface area (Å²) in [7, 11) is 1.52. The Balaban J connectivity index is 1.78. The number of ether oxygens (including phenoxy) is 2. The van der Waals surface area contributed by atoms with Gasteiger partial charge in [0, 0.05) is 17.8 Å². The Morgan fingerprint density at radius 1 is 1.23 bits per heavy atom. The average molecular weight is 443 g/mol. The number of amides is 2. The van der Waals surface area contributed by atoms with Crippen molar-refractivity contribution in [2.24, 2.45) is 0 Å². The van der Waals surface area contributed by atoms with Gasteiger partial charge >= 0.3 is 0 Å². The molecule has 0 aliphatic carbocycles. The Hall–Kier alpha value is -2.84. The molecule has 1 aliphatic heterocycles. The number of aryl methyl sites for hydroxylation is 1. The molecule has 0 bridgehead atoms. The molecule has 6 nitrogen and oxygen atoms in total. The number of rotatable bonds is 7. The Kier molecular flexibility index (Phi) is 7.12. The largest absolute Gasteiger partial charge is 0.493 e. The van der Waals surface area contributed by atoms with Gasteiger partial charge in [0.25, 0.3) is 11.8 Å². The molecule has 1 fully saturated rings. The van der Waals surface area contributed by atoms with Gasteiger partial charge in [0.05, 0.1) is 12.0 Å². The molecule has 0 aromatic heterocycles. The molecule has 0 spiro atoms. The topological polar surface area (TPSA) is 67.9 Å². The fourth-order valence-electron chi connectivity index (χ4n) is 2.85. The molecule has 1 aliphatic rings. The predicted octanol–water partition coefficient (Wildman–Crippen LogP) is 4.24. The van der Waals surface area contributed by atoms with E-state index in [1.807, 2.05) is 38.1 Å². The van der Waals surface area contributed by atoms with Crippen molar-refractivity contribution < 1.29 is 19.1 Å². The number of carbonyl (C=O) groups excluding carboxylic acids is 2. The molecule has 30 heavy (non-hydrogen) atoms. The molecule has 0 atom stereocenters. The summed E-state index contributed by atoms with van der Waals surface area (Å²) in [5.74, 6) is 0.421. The third kappa shape index (κ3) is 5.01. The number of thiocarbonyl (C=S) groups is 1. The maximum absolute atomic E-state index is 12.5. The second kappa shape index (κ2) is 9.77. The standard InChI is InChI=1S/C22H22N2O4S2/c1-4-24-21(26)18(30-22(24)29)12-15-6-5-7-17(27-3)20(15)28-13-19(25)23-16-10-8-14(2)9-11-16/h5-12H,4,13H2,1-3H3,(H,23,25)/b18-12-. The lowest BCUT2D eigenvalue weighted by Gasteiger charge is -2.14. The summed E-state index contributed by atoms with van der Waals surface area (Å²) in [4.78, 5) is 26.9. The van der Waals surface area contributed by atoms with Crippen LogP contribution in [0.3, 0.4) is 0 Å². The lowest BCUT2D eigenvalue weighted by molar-refractivity contribution is -0.122. The first-order valence-corrected chi connectivity index (χ1v) is 10.6. The Morgan fingerprint density at radius 2 is 1.97 bits per heavy atom. The zero-order valence-corrected chi connectivity index (χ0v) is 18.6. The maximum Gasteiger partial charge on any atom is 0.266 e. The van der Waals surface area contributed by atoms with Crippen molar-refractivity contribution in [3.05, 3.63) is 58.5 Å². The number of benzene rings is 2. The van der Waals surface area contributed by atoms with E-state index in [2.05, 4.69) is 5.32 Å². The van der Waals surface area contributed by atoms with Crippen molar-refractivity contribution in [1.82, 2.24) is 4.90 Å². The molecule has 1 saturated heterocycles. The van der Waals surface area contributed by atoms with Gasteiger partial charge in [0.15, 0.2) is 18.1 Å². The van der Waals surface area contributed by atoms with Gasteiger partial charge in [-0.3, -0.25) is 14.5 Å². The van der Waals surface area contributed by atoms with Crippen molar-refractivity contribution in [3.63, 3.8) is 0 Å². The lowest BCUT2D eigenvalue weighted by atomic mass is 10.1. The number of thioether (sulfide) groups is 1. The summed E-state index contributed by atoms with van der Waals surface area (Å²) in [5.41, 5.74) is 2.43. The smallest absolute Gasteiger partial charge is 0.266 e. The summed E-state index contributed by atoms with van der Waals surface area (Å²) >= 11 is 6.51. The predicted molar refractivity (Wildman–Crippen MR) is 124 cm³/mol. The van der Waals surface area contributed by atoms with E-state index in [-0.39, 0.29) is 18.4 Å². The molecule has 0 radical (unpaired) electrons. The normalized spacial score (nSPS) is 14.9. The van der Waals surface area contributed by atoms with Crippen LogP contribution in [-0.4, -0.2) is 41.3 Å². The highest BCUT2D eigenvalue weighted by Gasteiger charge is 2.31. The van der Waals surface area contributed by atoms with Crippen LogP contribution in [0.15, 0.2) is 47.4 Å². The summed E-state index contributed by atoms with van der Waals surface area (Å²) in [6.45, 7) is 4.17. The van der Waals surface area contributed by atoms with Crippen LogP contribution in [0.2, 0.25) is 0 Å². The van der Waals surface area contributed by atoms with Gasteiger partial charge in [-0.05, 0) is 38.1 Å². The third-order valence-electron chi connectivity index (χ3n) is 4.39. The molecule has 3 rings (SSSR count). The fraction of sp³-hybridized carbons (Fsp3) is 0.227. The summed E-state index contributed by atoms with van der Waals surface area (Å²) in [6.07, 6.45) is 1.71. The Labute approximate surface area is 185 Å². The van der Waals surface area contributed by atoms with Crippen molar-refractivity contribution in [3.8, 4) is 11.5 Å². The van der Waals surface area contributed by atoms with Crippen LogP contribution in [0.25, 0.3) is 6.08 Å². The van der Waals surface area contributed by atoms with Crippen LogP contribution in [0.5, 0.6) is 11.5 Å². The highest BCUT2D eigenvalue weighted by molar-refractivity contribution is 8.26. The van der Waals surface area contributed by atoms with E-state index in [0.29, 0.717) is 38.5 Å². The van der Waals surface area contributed by atoms with Gasteiger partial charge in [0.2, 0.25) is 0 Å². The van der Waals surface area contributed by atoms with Crippen LogP contribution in [0.1, 0.15) is 18.1 Å². The molecule has 0 unspecified atom stereocenters. The first-order chi connectivity index (χ1) is 14.4. The molecular weight excluding hydrogens is 420 g/mol. The van der Waals surface area contributed by atoms with E-state index in [4.69, 9.17) is 21.7 Å². The van der Waals surface area contributed by atoms with Crippen molar-refractivity contribution in [2.45, 2.75) is 13.8 Å². The monoisotopic (exact) mass is 442 g/mol. The van der Waals surface area contributed by atoms with E-state index >= 15 is 0 Å². The van der Waals surface area contributed by atoms with Gasteiger partial charge < -0.3 is 14.8 Å². The lowest BCUT2D eigenvalue weighted by Crippen LogP contribution is -2.27. The molecule has 1 N–H and O–H groups in total. The molecular formula is C22H22N2O4S2. The Bertz CT molecular complexity index is 1000. The minimum Gasteiger partial charge on any atom is -0.493 e. The van der Waals surface area contributed by atoms with Crippen LogP contribution >= 0.6 is 24.0 Å². The second-order valence-electron chi connectivity index (χ2n) is 6.51. The first kappa shape index (κ1) is 21.9. The van der Waals surface area contributed by atoms with Gasteiger partial charge in [0.1, 0.15) is 4.32 Å². The highest BCUT2D eigenvalue weighted by atomic mass is 32.2. The van der Waals surface area contributed by atoms with Crippen LogP contribution < -0.4 is 14.8 Å². The van der Waals surface area contributed by atoms with Gasteiger partial charge in [-0.25, -0.2) is 0 Å². The zero-order chi connectivity index (χ0) is 21.7. The van der Waals surface area contributed by atoms with E-state index in [1.165, 1.54) is 18.9 Å². The fourth-order valence-corrected chi connectivity index (χ4v) is 4.22. The quantitative estimate of drug-likeness (QED) is 0.511. The number of hydrogen-bond donors (Lipinski definition) is 1. The van der Waals surface area contributed by atoms with Gasteiger partial charge in [-0.2, -0.15) is 0 Å². The van der Waals surface area contributed by atoms with E-state index in [0.717, 1.165) is 5.56 Å². The minimum atomic E-state index is -0.298. The number of nitrogens with zero attached hydrogens (tertiary/aromatic N) is 1. The van der Waals surface area contributed by atoms with Crippen molar-refractivity contribution in [1.29, 1.82) is 0 Å². The number of methoxy groups -OCH3 is 1. The third-order valence-corrected chi connectivity index (χ3v) is 5.77. The summed E-state index contributed by atoms with van der Waals surface area (Å²) in [6, 6.07) is 12.8. The number of nitrogens with one attached hydrogen (secondary N) is 1. The number of para-hydroxylation sites is 1. The van der Waals surface area contributed by atoms with Gasteiger partial charge in [-0.15, -0.1) is 0 Å². The zero-order valence-electron chi connectivity index (χ0n) is 16.9. The molecule has 2 aromatic rings. The van der Waals surface area contributed by atoms with Crippen LogP contribution in [0, 0.1) is 6.92 Å². The van der Waals surface area contributed by atoms with Gasteiger partial charge in [-0.1, -0.05) is 53.8 Å². The van der Waals surface area contributed by atoms with Crippen molar-refractivity contribution >= 4 is 51.9 Å². The molecule has 156 valence electrons. The van der Waals surface area contributed by atoms with E-state index < -0.39 is 0 Å². The number of likely N-dealkylation sites (N-methyl/N-ethyl adjacent to an activating group) is 1. The summed E-state index contributed by atoms with van der Waals surface area (Å²) in [5, 5.41) is 2.79. The molecule has 2 amide bonds. The van der Waals surface area contributed by atoms with Crippen molar-refractivity contribution in [2.75, 3.05) is 25.6 Å². The SMILES string of the molecule is CCN1C(=O)/C(=C/c2cccc(OC)c2OCC(=O)Nc2ccc(C)cc2)SC1=S. The van der Waals surface area contributed by atoms with E-state index in [1.54, 1.807) is 29.2 Å². The number of carbonyl (C=O) groups is 2. The van der Waals surface area contributed by atoms with E-state index in [9.17, 15) is 9.59 Å². The van der Waals surface area contributed by atoms with Crippen LogP contribution in [0.4, 0.5) is 5.69 Å². The Morgan fingerprint density at radius 3 is 2.60 bits per heavy atom. The molecule has 2 aromatic carbocycles. The van der Waals surface area contributed by atoms with Crippen LogP contribution in [-0.2, 0) is 9.59 Å². The number of anilines is 1. The second-order valence-corrected chi connectivity index (χ2v) is 8.18. The molecule has 0 saturated carbocycles. The first-order valence-electron chi connectivity index (χ1n) is 9.34. The molecule has 8 heteroatoms. The highest BCUT2D eigenvalue weighted by Crippen LogP contribution is 2.37. The molecule has 1 heterocycles.